The molecular weight excluding hydrogens is 168 g/mol. The van der Waals surface area contributed by atoms with E-state index in [9.17, 15) is 9.59 Å². The molecule has 0 aliphatic rings. The molecule has 70 valence electrons. The van der Waals surface area contributed by atoms with E-state index >= 15 is 0 Å². The molecule has 0 saturated carbocycles. The van der Waals surface area contributed by atoms with Crippen molar-refractivity contribution in [1.29, 1.82) is 0 Å². The summed E-state index contributed by atoms with van der Waals surface area (Å²) in [4.78, 5) is 24.7. The number of amides is 1. The first-order valence-electron chi connectivity index (χ1n) is 3.98. The highest BCUT2D eigenvalue weighted by atomic mass is 16.1. The number of carbonyl (C=O) groups excluding carboxylic acids is 2. The lowest BCUT2D eigenvalue weighted by molar-refractivity contribution is 0.0962. The Hall–Kier alpha value is -1.58. The van der Waals surface area contributed by atoms with Gasteiger partial charge in [0.25, 0.3) is 5.91 Å². The average molecular weight is 180 g/mol. The van der Waals surface area contributed by atoms with Crippen LogP contribution in [0.2, 0.25) is 0 Å². The van der Waals surface area contributed by atoms with E-state index in [1.165, 1.54) is 0 Å². The summed E-state index contributed by atoms with van der Waals surface area (Å²) in [6.45, 7) is 3.52. The highest BCUT2D eigenvalue weighted by Crippen LogP contribution is 2.15. The smallest absolute Gasteiger partial charge is 0.253 e. The molecule has 0 spiro atoms. The van der Waals surface area contributed by atoms with Crippen molar-refractivity contribution in [1.82, 2.24) is 10.3 Å². The molecule has 0 aliphatic heterocycles. The van der Waals surface area contributed by atoms with Gasteiger partial charge in [0.1, 0.15) is 0 Å². The number of aromatic nitrogens is 1. The maximum absolute atomic E-state index is 11.3. The van der Waals surface area contributed by atoms with E-state index in [4.69, 9.17) is 0 Å². The number of rotatable bonds is 2. The fourth-order valence-corrected chi connectivity index (χ4v) is 1.36. The van der Waals surface area contributed by atoms with Crippen LogP contribution in [0.15, 0.2) is 0 Å². The molecule has 4 nitrogen and oxygen atoms in total. The molecule has 4 heteroatoms. The lowest BCUT2D eigenvalue weighted by Gasteiger charge is -1.99. The van der Waals surface area contributed by atoms with Crippen molar-refractivity contribution < 1.29 is 9.59 Å². The zero-order valence-electron chi connectivity index (χ0n) is 7.89. The predicted molar refractivity (Wildman–Crippen MR) is 49.0 cm³/mol. The van der Waals surface area contributed by atoms with Crippen LogP contribution >= 0.6 is 0 Å². The first-order chi connectivity index (χ1) is 6.11. The summed E-state index contributed by atoms with van der Waals surface area (Å²) >= 11 is 0. The van der Waals surface area contributed by atoms with E-state index in [0.717, 1.165) is 12.0 Å². The third kappa shape index (κ3) is 1.47. The minimum atomic E-state index is -0.167. The molecule has 1 amide bonds. The predicted octanol–water partition coefficient (Wildman–Crippen LogP) is 0.804. The molecule has 0 fully saturated rings. The summed E-state index contributed by atoms with van der Waals surface area (Å²) in [5.74, 6) is -0.167. The number of aromatic amines is 1. The monoisotopic (exact) mass is 180 g/mol. The zero-order chi connectivity index (χ0) is 10.0. The quantitative estimate of drug-likeness (QED) is 0.661. The first kappa shape index (κ1) is 9.51. The summed E-state index contributed by atoms with van der Waals surface area (Å²) in [5.41, 5.74) is 2.45. The Morgan fingerprint density at radius 3 is 2.46 bits per heavy atom. The summed E-state index contributed by atoms with van der Waals surface area (Å²) in [7, 11) is 1.56. The Bertz CT molecular complexity index is 353. The maximum Gasteiger partial charge on any atom is 0.253 e. The largest absolute Gasteiger partial charge is 0.356 e. The van der Waals surface area contributed by atoms with Crippen LogP contribution in [0.25, 0.3) is 0 Å². The summed E-state index contributed by atoms with van der Waals surface area (Å²) in [5, 5.41) is 2.53. The van der Waals surface area contributed by atoms with Gasteiger partial charge in [-0.25, -0.2) is 0 Å². The van der Waals surface area contributed by atoms with Crippen LogP contribution in [0.3, 0.4) is 0 Å². The Labute approximate surface area is 76.3 Å². The number of nitrogens with one attached hydrogen (secondary N) is 2. The Kier molecular flexibility index (Phi) is 2.51. The molecule has 0 saturated heterocycles. The normalized spacial score (nSPS) is 9.77. The molecule has 0 radical (unpaired) electrons. The van der Waals surface area contributed by atoms with Gasteiger partial charge < -0.3 is 10.3 Å². The number of aldehydes is 1. The van der Waals surface area contributed by atoms with Gasteiger partial charge in [0.2, 0.25) is 0 Å². The van der Waals surface area contributed by atoms with Crippen LogP contribution in [0.4, 0.5) is 0 Å². The van der Waals surface area contributed by atoms with E-state index in [1.807, 2.05) is 0 Å². The van der Waals surface area contributed by atoms with Crippen LogP contribution in [-0.2, 0) is 0 Å². The van der Waals surface area contributed by atoms with Gasteiger partial charge in [0.05, 0.1) is 11.3 Å². The molecule has 0 aliphatic carbocycles. The average Bonchev–Trinajstić information content (AvgIpc) is 2.40. The van der Waals surface area contributed by atoms with Crippen molar-refractivity contribution in [2.24, 2.45) is 0 Å². The topological polar surface area (TPSA) is 62.0 Å². The highest BCUT2D eigenvalue weighted by Gasteiger charge is 2.15. The number of H-pyrrole nitrogens is 1. The van der Waals surface area contributed by atoms with Crippen LogP contribution < -0.4 is 5.32 Å². The third-order valence-electron chi connectivity index (χ3n) is 2.05. The van der Waals surface area contributed by atoms with Crippen molar-refractivity contribution >= 4 is 12.2 Å². The Morgan fingerprint density at radius 2 is 2.08 bits per heavy atom. The van der Waals surface area contributed by atoms with Gasteiger partial charge in [-0.3, -0.25) is 9.59 Å². The van der Waals surface area contributed by atoms with Gasteiger partial charge in [0.15, 0.2) is 6.29 Å². The fourth-order valence-electron chi connectivity index (χ4n) is 1.36. The summed E-state index contributed by atoms with van der Waals surface area (Å²) in [6.07, 6.45) is 0.717. The lowest BCUT2D eigenvalue weighted by Crippen LogP contribution is -2.19. The van der Waals surface area contributed by atoms with Gasteiger partial charge in [-0.15, -0.1) is 0 Å². The van der Waals surface area contributed by atoms with E-state index < -0.39 is 0 Å². The summed E-state index contributed by atoms with van der Waals surface area (Å²) in [6, 6.07) is 0. The molecule has 1 aromatic rings. The molecule has 0 atom stereocenters. The molecule has 0 unspecified atom stereocenters. The zero-order valence-corrected chi connectivity index (χ0v) is 7.89. The van der Waals surface area contributed by atoms with Gasteiger partial charge in [-0.05, 0) is 19.4 Å². The van der Waals surface area contributed by atoms with Gasteiger partial charge in [0, 0.05) is 12.7 Å². The molecule has 13 heavy (non-hydrogen) atoms. The minimum absolute atomic E-state index is 0.167. The van der Waals surface area contributed by atoms with E-state index in [1.54, 1.807) is 20.9 Å². The van der Waals surface area contributed by atoms with Crippen molar-refractivity contribution in [3.8, 4) is 0 Å². The van der Waals surface area contributed by atoms with Crippen LogP contribution in [-0.4, -0.2) is 24.2 Å². The maximum atomic E-state index is 11.3. The lowest BCUT2D eigenvalue weighted by atomic mass is 10.1. The van der Waals surface area contributed by atoms with Gasteiger partial charge >= 0.3 is 0 Å². The number of hydrogen-bond donors (Lipinski definition) is 2. The number of hydrogen-bond acceptors (Lipinski definition) is 2. The van der Waals surface area contributed by atoms with Crippen LogP contribution in [0.5, 0.6) is 0 Å². The second-order valence-corrected chi connectivity index (χ2v) is 2.86. The standard InChI is InChI=1S/C9H12N2O2/c1-5-7(4-12)11-6(2)8(5)9(13)10-3/h4,11H,1-3H3,(H,10,13). The molecule has 0 aromatic carbocycles. The van der Waals surface area contributed by atoms with E-state index in [0.29, 0.717) is 16.8 Å². The molecule has 1 heterocycles. The Balaban J connectivity index is 3.28. The molecule has 1 aromatic heterocycles. The third-order valence-corrected chi connectivity index (χ3v) is 2.05. The highest BCUT2D eigenvalue weighted by molar-refractivity contribution is 5.98. The van der Waals surface area contributed by atoms with Crippen molar-refractivity contribution in [3.63, 3.8) is 0 Å². The van der Waals surface area contributed by atoms with Crippen molar-refractivity contribution in [2.45, 2.75) is 13.8 Å². The summed E-state index contributed by atoms with van der Waals surface area (Å²) < 4.78 is 0. The fraction of sp³-hybridized carbons (Fsp3) is 0.333. The molecular formula is C9H12N2O2. The first-order valence-corrected chi connectivity index (χ1v) is 3.98. The number of carbonyl (C=O) groups is 2. The second-order valence-electron chi connectivity index (χ2n) is 2.86. The van der Waals surface area contributed by atoms with E-state index in [2.05, 4.69) is 10.3 Å². The molecule has 1 rings (SSSR count). The number of aryl methyl sites for hydroxylation is 1. The molecule has 0 bridgehead atoms. The van der Waals surface area contributed by atoms with E-state index in [-0.39, 0.29) is 5.91 Å². The van der Waals surface area contributed by atoms with Crippen LogP contribution in [0, 0.1) is 13.8 Å². The van der Waals surface area contributed by atoms with Crippen molar-refractivity contribution in [3.05, 3.63) is 22.5 Å². The van der Waals surface area contributed by atoms with Crippen molar-refractivity contribution in [2.75, 3.05) is 7.05 Å². The second kappa shape index (κ2) is 3.43. The van der Waals surface area contributed by atoms with Crippen LogP contribution in [0.1, 0.15) is 32.1 Å². The SMILES string of the molecule is CNC(=O)c1c(C)[nH]c(C=O)c1C. The van der Waals surface area contributed by atoms with Gasteiger partial charge in [-0.2, -0.15) is 0 Å². The Morgan fingerprint density at radius 1 is 1.46 bits per heavy atom. The molecule has 2 N–H and O–H groups in total. The van der Waals surface area contributed by atoms with Gasteiger partial charge in [-0.1, -0.05) is 0 Å². The minimum Gasteiger partial charge on any atom is -0.356 e.